The molecule has 8 atom stereocenters. The predicted octanol–water partition coefficient (Wildman–Crippen LogP) is 3.08. The van der Waals surface area contributed by atoms with E-state index in [1.54, 1.807) is 32.3 Å². The van der Waals surface area contributed by atoms with Gasteiger partial charge in [0.1, 0.15) is 6.10 Å². The molecule has 0 saturated heterocycles. The number of fused-ring (bicyclic) bond motifs is 3. The van der Waals surface area contributed by atoms with Crippen LogP contribution >= 0.6 is 0 Å². The van der Waals surface area contributed by atoms with Crippen LogP contribution in [0.2, 0.25) is 0 Å². The number of ketones is 1. The van der Waals surface area contributed by atoms with E-state index in [1.807, 2.05) is 37.3 Å². The summed E-state index contributed by atoms with van der Waals surface area (Å²) in [6.07, 6.45) is 2.78. The van der Waals surface area contributed by atoms with Crippen molar-refractivity contribution in [2.24, 2.45) is 41.5 Å². The number of aromatic nitrogens is 2. The molecule has 4 aliphatic carbocycles. The summed E-state index contributed by atoms with van der Waals surface area (Å²) in [5, 5.41) is 38.9. The monoisotopic (exact) mass is 532 g/mol. The zero-order valence-electron chi connectivity index (χ0n) is 23.0. The second-order valence-electron chi connectivity index (χ2n) is 12.5. The molecule has 1 heterocycles. The van der Waals surface area contributed by atoms with E-state index < -0.39 is 41.7 Å². The average molecular weight is 533 g/mol. The highest BCUT2D eigenvalue weighted by Gasteiger charge is 2.76. The maximum Gasteiger partial charge on any atom is 0.357 e. The van der Waals surface area contributed by atoms with Crippen LogP contribution in [0.15, 0.2) is 59.8 Å². The highest BCUT2D eigenvalue weighted by molar-refractivity contribution is 5.97. The van der Waals surface area contributed by atoms with Gasteiger partial charge in [-0.15, -0.1) is 0 Å². The molecule has 2 bridgehead atoms. The number of esters is 1. The first-order valence-electron chi connectivity index (χ1n) is 13.6. The molecule has 0 amide bonds. The van der Waals surface area contributed by atoms with Crippen LogP contribution in [0, 0.1) is 34.5 Å². The number of Topliss-reactive ketones (excluding diaryl/α,β-unsaturated/α-hetero) is 1. The van der Waals surface area contributed by atoms with Crippen LogP contribution in [-0.4, -0.2) is 61.3 Å². The normalized spacial score (nSPS) is 38.1. The van der Waals surface area contributed by atoms with Gasteiger partial charge in [0.05, 0.1) is 18.2 Å². The summed E-state index contributed by atoms with van der Waals surface area (Å²) in [6, 6.07) is 9.33. The smallest absolute Gasteiger partial charge is 0.357 e. The molecule has 2 aromatic rings. The van der Waals surface area contributed by atoms with Gasteiger partial charge in [0.15, 0.2) is 23.2 Å². The van der Waals surface area contributed by atoms with Crippen LogP contribution in [-0.2, 0) is 16.6 Å². The van der Waals surface area contributed by atoms with Gasteiger partial charge in [-0.1, -0.05) is 63.3 Å². The molecule has 1 spiro atoms. The summed E-state index contributed by atoms with van der Waals surface area (Å²) < 4.78 is 7.49. The van der Waals surface area contributed by atoms with E-state index in [9.17, 15) is 24.9 Å². The first-order chi connectivity index (χ1) is 18.4. The third kappa shape index (κ3) is 3.25. The standard InChI is InChI=1S/C31H36N2O6/c1-16-13-30-17(2)11-22-23(29(22,3)4)20(26(30)36)12-19(15-34)25(35)31(30,38)27(16)39-28(37)24-21(14-32-33(24)5)18-9-7-6-8-10-18/h6-10,12-14,17,20,22-23,25,27,34-35,38H,11,15H2,1-5H3/t17-,20+,22-,23+,25-,27+,30+,31+/m1/s1. The highest BCUT2D eigenvalue weighted by atomic mass is 16.6. The Labute approximate surface area is 228 Å². The lowest BCUT2D eigenvalue weighted by Gasteiger charge is -2.48. The molecule has 8 heteroatoms. The number of aryl methyl sites for hydroxylation is 1. The minimum Gasteiger partial charge on any atom is -0.450 e. The van der Waals surface area contributed by atoms with Crippen molar-refractivity contribution >= 4 is 11.8 Å². The van der Waals surface area contributed by atoms with E-state index in [4.69, 9.17) is 4.74 Å². The third-order valence-corrected chi connectivity index (χ3v) is 10.3. The highest BCUT2D eigenvalue weighted by Crippen LogP contribution is 2.71. The number of nitrogens with zero attached hydrogens (tertiary/aromatic N) is 2. The van der Waals surface area contributed by atoms with Crippen LogP contribution in [0.5, 0.6) is 0 Å². The topological polar surface area (TPSA) is 122 Å². The van der Waals surface area contributed by atoms with Crippen LogP contribution in [0.3, 0.4) is 0 Å². The summed E-state index contributed by atoms with van der Waals surface area (Å²) >= 11 is 0. The van der Waals surface area contributed by atoms with Gasteiger partial charge >= 0.3 is 5.97 Å². The quantitative estimate of drug-likeness (QED) is 0.409. The minimum absolute atomic E-state index is 0.0566. The van der Waals surface area contributed by atoms with Gasteiger partial charge in [0.2, 0.25) is 0 Å². The lowest BCUT2D eigenvalue weighted by atomic mass is 9.59. The molecule has 1 aromatic carbocycles. The van der Waals surface area contributed by atoms with E-state index in [0.29, 0.717) is 17.6 Å². The van der Waals surface area contributed by atoms with E-state index in [2.05, 4.69) is 18.9 Å². The Bertz CT molecular complexity index is 1420. The van der Waals surface area contributed by atoms with E-state index in [1.165, 1.54) is 4.68 Å². The number of ether oxygens (including phenoxy) is 1. The van der Waals surface area contributed by atoms with Crippen LogP contribution in [0.25, 0.3) is 11.1 Å². The number of rotatable bonds is 4. The minimum atomic E-state index is -2.18. The number of carbonyl (C=O) groups excluding carboxylic acids is 2. The fourth-order valence-electron chi connectivity index (χ4n) is 8.27. The molecule has 6 rings (SSSR count). The molecule has 1 aromatic heterocycles. The summed E-state index contributed by atoms with van der Waals surface area (Å²) in [5.74, 6) is -1.46. The van der Waals surface area contributed by atoms with Crippen molar-refractivity contribution in [3.05, 3.63) is 65.5 Å². The molecule has 0 aliphatic heterocycles. The third-order valence-electron chi connectivity index (χ3n) is 10.3. The molecule has 39 heavy (non-hydrogen) atoms. The van der Waals surface area contributed by atoms with Crippen LogP contribution in [0.4, 0.5) is 0 Å². The molecule has 4 aliphatic rings. The fourth-order valence-corrected chi connectivity index (χ4v) is 8.27. The van der Waals surface area contributed by atoms with Crippen LogP contribution < -0.4 is 0 Å². The van der Waals surface area contributed by atoms with Crippen molar-refractivity contribution in [1.82, 2.24) is 9.78 Å². The number of allylic oxidation sites excluding steroid dienone is 1. The van der Waals surface area contributed by atoms with Gasteiger partial charge in [-0.2, -0.15) is 5.10 Å². The van der Waals surface area contributed by atoms with Gasteiger partial charge < -0.3 is 20.1 Å². The van der Waals surface area contributed by atoms with Crippen molar-refractivity contribution in [3.8, 4) is 11.1 Å². The van der Waals surface area contributed by atoms with Gasteiger partial charge in [-0.05, 0) is 53.2 Å². The zero-order chi connectivity index (χ0) is 28.1. The fraction of sp³-hybridized carbons (Fsp3) is 0.516. The second kappa shape index (κ2) is 8.46. The number of aliphatic hydroxyl groups is 3. The molecular formula is C31H36N2O6. The molecule has 0 unspecified atom stereocenters. The molecular weight excluding hydrogens is 496 g/mol. The Morgan fingerprint density at radius 3 is 2.59 bits per heavy atom. The number of carbonyl (C=O) groups is 2. The lowest BCUT2D eigenvalue weighted by Crippen LogP contribution is -2.65. The number of hydrogen-bond donors (Lipinski definition) is 3. The van der Waals surface area contributed by atoms with Gasteiger partial charge in [0.25, 0.3) is 0 Å². The number of benzene rings is 1. The zero-order valence-corrected chi connectivity index (χ0v) is 23.0. The maximum atomic E-state index is 14.5. The van der Waals surface area contributed by atoms with E-state index >= 15 is 0 Å². The second-order valence-corrected chi connectivity index (χ2v) is 12.5. The molecule has 2 fully saturated rings. The van der Waals surface area contributed by atoms with Crippen molar-refractivity contribution in [2.75, 3.05) is 6.61 Å². The Morgan fingerprint density at radius 1 is 1.23 bits per heavy atom. The predicted molar refractivity (Wildman–Crippen MR) is 143 cm³/mol. The SMILES string of the molecule is CC1=C[C@]23C(=O)[C@@H](C=C(CO)[C@@H](O)[C@]2(O)[C@H]1OC(=O)c1c(-c2ccccc2)cnn1C)[C@H]1[C@@H](C[C@H]3C)C1(C)C. The largest absolute Gasteiger partial charge is 0.450 e. The Hall–Kier alpha value is -3.07. The van der Waals surface area contributed by atoms with Crippen molar-refractivity contribution in [1.29, 1.82) is 0 Å². The van der Waals surface area contributed by atoms with Crippen molar-refractivity contribution in [3.63, 3.8) is 0 Å². The Balaban J connectivity index is 1.45. The molecule has 2 saturated carbocycles. The van der Waals surface area contributed by atoms with E-state index in [0.717, 1.165) is 5.56 Å². The lowest BCUT2D eigenvalue weighted by molar-refractivity contribution is -0.190. The molecule has 206 valence electrons. The first-order valence-corrected chi connectivity index (χ1v) is 13.6. The number of aliphatic hydroxyl groups excluding tert-OH is 2. The summed E-state index contributed by atoms with van der Waals surface area (Å²) in [6.45, 7) is 7.45. The summed E-state index contributed by atoms with van der Waals surface area (Å²) in [5.41, 5.74) is -1.48. The molecule has 8 nitrogen and oxygen atoms in total. The molecule has 3 N–H and O–H groups in total. The van der Waals surface area contributed by atoms with Crippen LogP contribution in [0.1, 0.15) is 44.6 Å². The van der Waals surface area contributed by atoms with Gasteiger partial charge in [-0.25, -0.2) is 4.79 Å². The van der Waals surface area contributed by atoms with Crippen molar-refractivity contribution in [2.45, 2.75) is 51.9 Å². The summed E-state index contributed by atoms with van der Waals surface area (Å²) in [7, 11) is 1.64. The van der Waals surface area contributed by atoms with Crippen molar-refractivity contribution < 1.29 is 29.6 Å². The first kappa shape index (κ1) is 26.2. The maximum absolute atomic E-state index is 14.5. The average Bonchev–Trinajstić information content (AvgIpc) is 3.17. The number of hydrogen-bond acceptors (Lipinski definition) is 7. The van der Waals surface area contributed by atoms with Gasteiger partial charge in [-0.3, -0.25) is 9.48 Å². The van der Waals surface area contributed by atoms with E-state index in [-0.39, 0.29) is 40.2 Å². The Morgan fingerprint density at radius 2 is 1.92 bits per heavy atom. The molecule has 0 radical (unpaired) electrons. The Kier molecular flexibility index (Phi) is 5.68. The van der Waals surface area contributed by atoms with Gasteiger partial charge in [0, 0.05) is 18.5 Å². The summed E-state index contributed by atoms with van der Waals surface area (Å²) in [4.78, 5) is 28.3.